The van der Waals surface area contributed by atoms with E-state index in [4.69, 9.17) is 0 Å². The van der Waals surface area contributed by atoms with Crippen LogP contribution < -0.4 is 0 Å². The Morgan fingerprint density at radius 1 is 0.941 bits per heavy atom. The molecule has 1 saturated carbocycles. The standard InChI is InChI=1S/C17H34/c1-4-6-7-12-16(10-5-2)14-17-13-9-8-11-15(17)3/h15-17H,4-14H2,1-3H3. The maximum absolute atomic E-state index is 2.50. The quantitative estimate of drug-likeness (QED) is 0.442. The third-order valence-corrected chi connectivity index (χ3v) is 4.84. The van der Waals surface area contributed by atoms with Gasteiger partial charge in [-0.3, -0.25) is 0 Å². The number of hydrogen-bond acceptors (Lipinski definition) is 0. The lowest BCUT2D eigenvalue weighted by atomic mass is 9.74. The minimum atomic E-state index is 1.01. The van der Waals surface area contributed by atoms with Crippen LogP contribution in [-0.2, 0) is 0 Å². The van der Waals surface area contributed by atoms with Crippen molar-refractivity contribution in [1.82, 2.24) is 0 Å². The molecule has 0 aromatic carbocycles. The van der Waals surface area contributed by atoms with Gasteiger partial charge in [-0.1, -0.05) is 85.0 Å². The average Bonchev–Trinajstić information content (AvgIpc) is 2.32. The molecule has 17 heavy (non-hydrogen) atoms. The van der Waals surface area contributed by atoms with Gasteiger partial charge >= 0.3 is 0 Å². The molecule has 0 nitrogen and oxygen atoms in total. The Labute approximate surface area is 110 Å². The number of unbranched alkanes of at least 4 members (excludes halogenated alkanes) is 2. The van der Waals surface area contributed by atoms with E-state index in [-0.39, 0.29) is 0 Å². The first-order valence-electron chi connectivity index (χ1n) is 8.27. The van der Waals surface area contributed by atoms with Crippen LogP contribution in [0.1, 0.15) is 91.4 Å². The van der Waals surface area contributed by atoms with E-state index in [1.54, 1.807) is 6.42 Å². The molecular weight excluding hydrogens is 204 g/mol. The van der Waals surface area contributed by atoms with Gasteiger partial charge in [0.05, 0.1) is 0 Å². The molecule has 0 bridgehead atoms. The summed E-state index contributed by atoms with van der Waals surface area (Å²) in [5, 5.41) is 0. The summed E-state index contributed by atoms with van der Waals surface area (Å²) in [5.41, 5.74) is 0. The molecule has 0 amide bonds. The minimum Gasteiger partial charge on any atom is -0.0654 e. The van der Waals surface area contributed by atoms with Crippen molar-refractivity contribution in [3.05, 3.63) is 0 Å². The Hall–Kier alpha value is 0. The highest BCUT2D eigenvalue weighted by Crippen LogP contribution is 2.36. The van der Waals surface area contributed by atoms with E-state index in [1.807, 2.05) is 0 Å². The van der Waals surface area contributed by atoms with Crippen molar-refractivity contribution < 1.29 is 0 Å². The first-order chi connectivity index (χ1) is 8.27. The van der Waals surface area contributed by atoms with E-state index >= 15 is 0 Å². The largest absolute Gasteiger partial charge is 0.0654 e. The second-order valence-corrected chi connectivity index (χ2v) is 6.41. The first kappa shape index (κ1) is 15.1. The fourth-order valence-electron chi connectivity index (χ4n) is 3.64. The van der Waals surface area contributed by atoms with Crippen molar-refractivity contribution in [2.45, 2.75) is 91.4 Å². The van der Waals surface area contributed by atoms with Gasteiger partial charge in [0, 0.05) is 0 Å². The SMILES string of the molecule is CCCCCC(CCC)CC1CCCCC1C. The van der Waals surface area contributed by atoms with E-state index in [0.29, 0.717) is 0 Å². The van der Waals surface area contributed by atoms with E-state index < -0.39 is 0 Å². The summed E-state index contributed by atoms with van der Waals surface area (Å²) < 4.78 is 0. The summed E-state index contributed by atoms with van der Waals surface area (Å²) >= 11 is 0. The second kappa shape index (κ2) is 9.00. The van der Waals surface area contributed by atoms with Gasteiger partial charge in [-0.2, -0.15) is 0 Å². The molecule has 1 aliphatic carbocycles. The lowest BCUT2D eigenvalue weighted by molar-refractivity contribution is 0.199. The van der Waals surface area contributed by atoms with Crippen molar-refractivity contribution in [1.29, 1.82) is 0 Å². The summed E-state index contributed by atoms with van der Waals surface area (Å²) in [5.74, 6) is 3.10. The molecule has 1 fully saturated rings. The molecule has 0 heteroatoms. The molecule has 0 heterocycles. The van der Waals surface area contributed by atoms with Gasteiger partial charge < -0.3 is 0 Å². The fraction of sp³-hybridized carbons (Fsp3) is 1.00. The maximum Gasteiger partial charge on any atom is -0.0386 e. The van der Waals surface area contributed by atoms with Crippen LogP contribution in [-0.4, -0.2) is 0 Å². The van der Waals surface area contributed by atoms with Crippen molar-refractivity contribution >= 4 is 0 Å². The smallest absolute Gasteiger partial charge is 0.0386 e. The van der Waals surface area contributed by atoms with Gasteiger partial charge in [0.2, 0.25) is 0 Å². The van der Waals surface area contributed by atoms with Crippen LogP contribution in [0.4, 0.5) is 0 Å². The Balaban J connectivity index is 2.30. The van der Waals surface area contributed by atoms with E-state index in [1.165, 1.54) is 64.2 Å². The second-order valence-electron chi connectivity index (χ2n) is 6.41. The first-order valence-corrected chi connectivity index (χ1v) is 8.27. The summed E-state index contributed by atoms with van der Waals surface area (Å²) in [6.45, 7) is 7.17. The monoisotopic (exact) mass is 238 g/mol. The maximum atomic E-state index is 2.50. The van der Waals surface area contributed by atoms with E-state index in [0.717, 1.165) is 17.8 Å². The Morgan fingerprint density at radius 2 is 1.71 bits per heavy atom. The lowest BCUT2D eigenvalue weighted by Crippen LogP contribution is -2.20. The predicted molar refractivity (Wildman–Crippen MR) is 78.3 cm³/mol. The van der Waals surface area contributed by atoms with E-state index in [9.17, 15) is 0 Å². The van der Waals surface area contributed by atoms with Crippen LogP contribution >= 0.6 is 0 Å². The fourth-order valence-corrected chi connectivity index (χ4v) is 3.64. The van der Waals surface area contributed by atoms with Gasteiger partial charge in [-0.25, -0.2) is 0 Å². The lowest BCUT2D eigenvalue weighted by Gasteiger charge is -2.32. The average molecular weight is 238 g/mol. The normalized spacial score (nSPS) is 27.0. The van der Waals surface area contributed by atoms with Gasteiger partial charge in [0.15, 0.2) is 0 Å². The van der Waals surface area contributed by atoms with Gasteiger partial charge in [-0.15, -0.1) is 0 Å². The molecule has 0 saturated heterocycles. The topological polar surface area (TPSA) is 0 Å². The third kappa shape index (κ3) is 5.93. The highest BCUT2D eigenvalue weighted by Gasteiger charge is 2.23. The molecule has 1 rings (SSSR count). The molecule has 0 spiro atoms. The molecule has 3 atom stereocenters. The summed E-state index contributed by atoms with van der Waals surface area (Å²) in [6.07, 6.45) is 16.2. The van der Waals surface area contributed by atoms with Crippen LogP contribution in [0.5, 0.6) is 0 Å². The van der Waals surface area contributed by atoms with Crippen molar-refractivity contribution in [3.63, 3.8) is 0 Å². The zero-order chi connectivity index (χ0) is 12.5. The Kier molecular flexibility index (Phi) is 7.97. The van der Waals surface area contributed by atoms with Crippen LogP contribution in [0.15, 0.2) is 0 Å². The highest BCUT2D eigenvalue weighted by molar-refractivity contribution is 4.75. The number of hydrogen-bond donors (Lipinski definition) is 0. The Morgan fingerprint density at radius 3 is 2.35 bits per heavy atom. The molecule has 0 aromatic rings. The van der Waals surface area contributed by atoms with Crippen molar-refractivity contribution in [2.75, 3.05) is 0 Å². The summed E-state index contributed by atoms with van der Waals surface area (Å²) in [7, 11) is 0. The van der Waals surface area contributed by atoms with Crippen LogP contribution in [0.25, 0.3) is 0 Å². The molecule has 1 aliphatic rings. The Bertz CT molecular complexity index is 173. The molecule has 102 valence electrons. The summed E-state index contributed by atoms with van der Waals surface area (Å²) in [6, 6.07) is 0. The van der Waals surface area contributed by atoms with Gasteiger partial charge in [0.1, 0.15) is 0 Å². The van der Waals surface area contributed by atoms with Gasteiger partial charge in [-0.05, 0) is 24.2 Å². The molecule has 0 aromatic heterocycles. The van der Waals surface area contributed by atoms with Crippen molar-refractivity contribution in [2.24, 2.45) is 17.8 Å². The zero-order valence-electron chi connectivity index (χ0n) is 12.5. The molecule has 0 N–H and O–H groups in total. The molecule has 0 aliphatic heterocycles. The number of rotatable bonds is 8. The van der Waals surface area contributed by atoms with Gasteiger partial charge in [0.25, 0.3) is 0 Å². The van der Waals surface area contributed by atoms with Crippen LogP contribution in [0.3, 0.4) is 0 Å². The predicted octanol–water partition coefficient (Wildman–Crippen LogP) is 6.20. The highest BCUT2D eigenvalue weighted by atomic mass is 14.3. The third-order valence-electron chi connectivity index (χ3n) is 4.84. The summed E-state index contributed by atoms with van der Waals surface area (Å²) in [4.78, 5) is 0. The minimum absolute atomic E-state index is 1.01. The van der Waals surface area contributed by atoms with Crippen molar-refractivity contribution in [3.8, 4) is 0 Å². The van der Waals surface area contributed by atoms with Crippen LogP contribution in [0, 0.1) is 17.8 Å². The zero-order valence-corrected chi connectivity index (χ0v) is 12.5. The van der Waals surface area contributed by atoms with E-state index in [2.05, 4.69) is 20.8 Å². The molecule has 3 unspecified atom stereocenters. The molecule has 0 radical (unpaired) electrons. The molecular formula is C17H34. The van der Waals surface area contributed by atoms with Crippen LogP contribution in [0.2, 0.25) is 0 Å².